The summed E-state index contributed by atoms with van der Waals surface area (Å²) in [5.41, 5.74) is 8.77. The molecule has 0 radical (unpaired) electrons. The molecule has 94 valence electrons. The van der Waals surface area contributed by atoms with Gasteiger partial charge in [0.2, 0.25) is 0 Å². The zero-order valence-corrected chi connectivity index (χ0v) is 11.0. The standard InChI is InChI=1S/C15H24N2/c1-12(16)6-5-11-17-13(2)9-10-14-7-3-4-8-15(14)17/h3-4,7-8,12-13H,5-6,9-11,16H2,1-2H3. The van der Waals surface area contributed by atoms with Gasteiger partial charge >= 0.3 is 0 Å². The number of hydrogen-bond acceptors (Lipinski definition) is 2. The molecule has 0 aromatic heterocycles. The van der Waals surface area contributed by atoms with Gasteiger partial charge in [-0.05, 0) is 51.2 Å². The van der Waals surface area contributed by atoms with Crippen molar-refractivity contribution >= 4 is 5.69 Å². The maximum absolute atomic E-state index is 5.82. The monoisotopic (exact) mass is 232 g/mol. The van der Waals surface area contributed by atoms with Gasteiger partial charge in [0.25, 0.3) is 0 Å². The van der Waals surface area contributed by atoms with E-state index in [1.807, 2.05) is 0 Å². The van der Waals surface area contributed by atoms with Gasteiger partial charge in [-0.3, -0.25) is 0 Å². The predicted octanol–water partition coefficient (Wildman–Crippen LogP) is 2.96. The highest BCUT2D eigenvalue weighted by Crippen LogP contribution is 2.30. The summed E-state index contributed by atoms with van der Waals surface area (Å²) in [4.78, 5) is 2.56. The average molecular weight is 232 g/mol. The second kappa shape index (κ2) is 5.54. The molecule has 2 N–H and O–H groups in total. The highest BCUT2D eigenvalue weighted by molar-refractivity contribution is 5.56. The maximum atomic E-state index is 5.82. The van der Waals surface area contributed by atoms with Crippen LogP contribution >= 0.6 is 0 Å². The highest BCUT2D eigenvalue weighted by atomic mass is 15.2. The lowest BCUT2D eigenvalue weighted by Crippen LogP contribution is -2.38. The normalized spacial score (nSPS) is 21.1. The lowest BCUT2D eigenvalue weighted by atomic mass is 9.96. The molecule has 0 amide bonds. The van der Waals surface area contributed by atoms with Crippen molar-refractivity contribution in [3.8, 4) is 0 Å². The van der Waals surface area contributed by atoms with Gasteiger partial charge in [0.05, 0.1) is 0 Å². The second-order valence-corrected chi connectivity index (χ2v) is 5.33. The third-order valence-corrected chi connectivity index (χ3v) is 3.72. The first-order valence-corrected chi connectivity index (χ1v) is 6.78. The molecule has 0 fully saturated rings. The molecule has 0 saturated carbocycles. The highest BCUT2D eigenvalue weighted by Gasteiger charge is 2.21. The SMILES string of the molecule is CC(N)CCCN1c2ccccc2CCC1C. The van der Waals surface area contributed by atoms with E-state index in [0.29, 0.717) is 12.1 Å². The number of aryl methyl sites for hydroxylation is 1. The van der Waals surface area contributed by atoms with Crippen LogP contribution in [0.15, 0.2) is 24.3 Å². The fraction of sp³-hybridized carbons (Fsp3) is 0.600. The quantitative estimate of drug-likeness (QED) is 0.865. The van der Waals surface area contributed by atoms with Crippen molar-refractivity contribution in [3.63, 3.8) is 0 Å². The van der Waals surface area contributed by atoms with E-state index in [1.165, 1.54) is 30.5 Å². The van der Waals surface area contributed by atoms with Gasteiger partial charge in [-0.2, -0.15) is 0 Å². The first-order chi connectivity index (χ1) is 8.18. The topological polar surface area (TPSA) is 29.3 Å². The molecule has 2 heteroatoms. The third-order valence-electron chi connectivity index (χ3n) is 3.72. The molecule has 0 bridgehead atoms. The first-order valence-electron chi connectivity index (χ1n) is 6.78. The van der Waals surface area contributed by atoms with E-state index < -0.39 is 0 Å². The van der Waals surface area contributed by atoms with Gasteiger partial charge in [-0.25, -0.2) is 0 Å². The Labute approximate surface area is 105 Å². The molecular weight excluding hydrogens is 208 g/mol. The summed E-state index contributed by atoms with van der Waals surface area (Å²) in [6.07, 6.45) is 4.80. The molecule has 0 spiro atoms. The summed E-state index contributed by atoms with van der Waals surface area (Å²) in [5, 5.41) is 0. The van der Waals surface area contributed by atoms with Crippen LogP contribution in [-0.4, -0.2) is 18.6 Å². The van der Waals surface area contributed by atoms with Crippen LogP contribution in [0, 0.1) is 0 Å². The van der Waals surface area contributed by atoms with Gasteiger partial charge in [-0.1, -0.05) is 18.2 Å². The van der Waals surface area contributed by atoms with E-state index in [4.69, 9.17) is 5.73 Å². The zero-order valence-electron chi connectivity index (χ0n) is 11.0. The molecular formula is C15H24N2. The molecule has 1 aromatic rings. The van der Waals surface area contributed by atoms with Gasteiger partial charge < -0.3 is 10.6 Å². The van der Waals surface area contributed by atoms with Crippen LogP contribution in [0.3, 0.4) is 0 Å². The second-order valence-electron chi connectivity index (χ2n) is 5.33. The Morgan fingerprint density at radius 3 is 2.94 bits per heavy atom. The molecule has 2 unspecified atom stereocenters. The Morgan fingerprint density at radius 1 is 1.41 bits per heavy atom. The molecule has 17 heavy (non-hydrogen) atoms. The number of para-hydroxylation sites is 1. The number of benzene rings is 1. The smallest absolute Gasteiger partial charge is 0.0401 e. The van der Waals surface area contributed by atoms with Gasteiger partial charge in [-0.15, -0.1) is 0 Å². The Kier molecular flexibility index (Phi) is 4.06. The Hall–Kier alpha value is -1.02. The Balaban J connectivity index is 2.05. The van der Waals surface area contributed by atoms with Crippen molar-refractivity contribution < 1.29 is 0 Å². The fourth-order valence-electron chi connectivity index (χ4n) is 2.68. The van der Waals surface area contributed by atoms with Gasteiger partial charge in [0.1, 0.15) is 0 Å². The minimum absolute atomic E-state index is 0.324. The number of anilines is 1. The molecule has 0 aliphatic carbocycles. The van der Waals surface area contributed by atoms with Gasteiger partial charge in [0, 0.05) is 24.3 Å². The van der Waals surface area contributed by atoms with E-state index >= 15 is 0 Å². The number of rotatable bonds is 4. The summed E-state index contributed by atoms with van der Waals surface area (Å²) in [6, 6.07) is 9.81. The Morgan fingerprint density at radius 2 is 2.18 bits per heavy atom. The largest absolute Gasteiger partial charge is 0.369 e. The van der Waals surface area contributed by atoms with Crippen LogP contribution in [-0.2, 0) is 6.42 Å². The molecule has 1 aliphatic rings. The van der Waals surface area contributed by atoms with E-state index in [9.17, 15) is 0 Å². The van der Waals surface area contributed by atoms with Crippen molar-refractivity contribution in [1.82, 2.24) is 0 Å². The summed E-state index contributed by atoms with van der Waals surface area (Å²) >= 11 is 0. The molecule has 0 saturated heterocycles. The van der Waals surface area contributed by atoms with Crippen LogP contribution in [0.1, 0.15) is 38.7 Å². The minimum Gasteiger partial charge on any atom is -0.369 e. The number of nitrogens with zero attached hydrogens (tertiary/aromatic N) is 1. The van der Waals surface area contributed by atoms with Gasteiger partial charge in [0.15, 0.2) is 0 Å². The van der Waals surface area contributed by atoms with Crippen LogP contribution in [0.25, 0.3) is 0 Å². The van der Waals surface area contributed by atoms with Crippen LogP contribution in [0.2, 0.25) is 0 Å². The third kappa shape index (κ3) is 3.01. The predicted molar refractivity (Wildman–Crippen MR) is 74.5 cm³/mol. The fourth-order valence-corrected chi connectivity index (χ4v) is 2.68. The molecule has 1 aliphatic heterocycles. The molecule has 2 nitrogen and oxygen atoms in total. The van der Waals surface area contributed by atoms with Crippen molar-refractivity contribution in [3.05, 3.63) is 29.8 Å². The number of nitrogens with two attached hydrogens (primary N) is 1. The summed E-state index contributed by atoms with van der Waals surface area (Å²) in [5.74, 6) is 0. The zero-order chi connectivity index (χ0) is 12.3. The molecule has 1 heterocycles. The molecule has 2 atom stereocenters. The van der Waals surface area contributed by atoms with Crippen LogP contribution in [0.4, 0.5) is 5.69 Å². The van der Waals surface area contributed by atoms with Crippen molar-refractivity contribution in [2.75, 3.05) is 11.4 Å². The summed E-state index contributed by atoms with van der Waals surface area (Å²) < 4.78 is 0. The van der Waals surface area contributed by atoms with Crippen molar-refractivity contribution in [1.29, 1.82) is 0 Å². The van der Waals surface area contributed by atoms with Crippen molar-refractivity contribution in [2.24, 2.45) is 5.73 Å². The summed E-state index contributed by atoms with van der Waals surface area (Å²) in [7, 11) is 0. The van der Waals surface area contributed by atoms with Crippen LogP contribution < -0.4 is 10.6 Å². The lowest BCUT2D eigenvalue weighted by Gasteiger charge is -2.37. The number of hydrogen-bond donors (Lipinski definition) is 1. The minimum atomic E-state index is 0.324. The molecule has 2 rings (SSSR count). The Bertz CT molecular complexity index is 360. The van der Waals surface area contributed by atoms with E-state index in [-0.39, 0.29) is 0 Å². The molecule has 1 aromatic carbocycles. The lowest BCUT2D eigenvalue weighted by molar-refractivity contribution is 0.530. The van der Waals surface area contributed by atoms with Crippen molar-refractivity contribution in [2.45, 2.75) is 51.6 Å². The average Bonchev–Trinajstić information content (AvgIpc) is 2.32. The van der Waals surface area contributed by atoms with E-state index in [2.05, 4.69) is 43.0 Å². The first kappa shape index (κ1) is 12.4. The summed E-state index contributed by atoms with van der Waals surface area (Å²) in [6.45, 7) is 5.56. The maximum Gasteiger partial charge on any atom is 0.0401 e. The van der Waals surface area contributed by atoms with E-state index in [0.717, 1.165) is 13.0 Å². The van der Waals surface area contributed by atoms with E-state index in [1.54, 1.807) is 0 Å². The van der Waals surface area contributed by atoms with Crippen LogP contribution in [0.5, 0.6) is 0 Å². The number of fused-ring (bicyclic) bond motifs is 1.